The second-order valence-electron chi connectivity index (χ2n) is 40.1. The zero-order chi connectivity index (χ0) is 107. The SMILES string of the molecule is COCOc1ccc(Cc2c(C)cc(O)c(C)c2C)nc1C1CCCCC1.COCOc1ccc(Cc2c(C)cc(OCC(=O)OC)c(C)c2C)nc1C1CCCCC1.COCOc1ccc(Cc2c(C)cc(OCc3ccccc3)c(C)c2C)nc1C1=CCCCC1.COCOc1ccc(Cc2c(C)cc(OCc3ccccc3)c(C)c2C)nc1Cl.Cc1cc(OCC(=O)O)c(C)c(C)c1Cc1ccc(O)c(C2CCCCC2)n1. The van der Waals surface area contributed by atoms with Crippen LogP contribution in [0.1, 0.15) is 313 Å². The van der Waals surface area contributed by atoms with Gasteiger partial charge in [0.05, 0.1) is 24.2 Å². The first-order chi connectivity index (χ1) is 72.4. The number of methoxy groups -OCH3 is 5. The standard InChI is InChI=1S/C30H35NO3.C26H35NO5.C24H26ClNO3.C23H29NO4.C23H31NO3/c1-21-17-29(33-19-24-11-7-5-8-12-24)23(3)22(2)27(21)18-26-15-16-28(34-20-32-4)30(31-26)25-13-9-6-10-14-25;1-17-13-24(31-15-25(28)30-5)19(3)18(2)22(17)14-21-11-12-23(32-16-29-4)26(27-21)20-9-7-6-8-10-20;1-16-12-23(28-14-19-8-6-5-7-9-19)18(3)17(2)21(16)13-20-10-11-22(24(25)26-20)29-15-27-4;1-14-11-21(28-13-22(26)27)16(3)15(2)19(14)12-18-9-10-20(25)23(24-18)17-7-5-4-6-8-17;1-15-12-21(25)17(3)16(2)20(15)13-19-10-11-22(27-14-26-4)23(24-19)18-8-6-5-7-9-18/h5,7-8,11-13,15-17H,6,9-10,14,18-20H2,1-4H3;11-13,20H,6-10,14-16H2,1-5H3;5-12H,13-15H2,1-4H3;9-11,17,25H,4-8,12-13H2,1-3H3,(H,26,27);10-12,18,25H,5-9,13-14H2,1-4H3. The van der Waals surface area contributed by atoms with E-state index in [4.69, 9.17) is 93.5 Å². The number of esters is 1. The number of carboxylic acids is 1. The molecule has 0 aliphatic heterocycles. The fraction of sp³-hybridized carbons (Fsp3) is 0.437. The molecular weight excluding hydrogens is 1910 g/mol. The predicted octanol–water partition coefficient (Wildman–Crippen LogP) is 28.3. The number of phenols is 1. The van der Waals surface area contributed by atoms with Crippen LogP contribution in [0, 0.1) is 104 Å². The Balaban J connectivity index is 0.000000167. The van der Waals surface area contributed by atoms with E-state index < -0.39 is 5.97 Å². The van der Waals surface area contributed by atoms with Crippen molar-refractivity contribution >= 4 is 29.1 Å². The molecule has 3 N–H and O–H groups in total. The first kappa shape index (κ1) is 116. The Kier molecular flexibility index (Phi) is 44.7. The zero-order valence-electron chi connectivity index (χ0n) is 91.9. The lowest BCUT2D eigenvalue weighted by Gasteiger charge is -2.24. The Hall–Kier alpha value is -12.9. The van der Waals surface area contributed by atoms with Crippen molar-refractivity contribution < 1.29 is 86.5 Å². The van der Waals surface area contributed by atoms with Crippen LogP contribution < -0.4 is 37.9 Å². The number of rotatable bonds is 38. The van der Waals surface area contributed by atoms with E-state index in [1.807, 2.05) is 132 Å². The summed E-state index contributed by atoms with van der Waals surface area (Å²) in [6.45, 7) is 32.7. The molecule has 0 saturated heterocycles. The number of carbonyl (C=O) groups is 2. The number of aliphatic carboxylic acids is 1. The maximum atomic E-state index is 11.5. The molecule has 4 aliphatic carbocycles. The van der Waals surface area contributed by atoms with Gasteiger partial charge in [0.1, 0.15) is 70.7 Å². The molecule has 0 unspecified atom stereocenters. The molecule has 16 rings (SSSR count). The molecule has 5 aromatic heterocycles. The molecule has 3 fully saturated rings. The van der Waals surface area contributed by atoms with Crippen LogP contribution in [0.4, 0.5) is 0 Å². The van der Waals surface area contributed by atoms with E-state index in [-0.39, 0.29) is 46.4 Å². The molecule has 0 bridgehead atoms. The smallest absolute Gasteiger partial charge is 0.343 e. The Morgan fingerprint density at radius 3 is 1.03 bits per heavy atom. The number of pyridine rings is 5. The highest BCUT2D eigenvalue weighted by Gasteiger charge is 2.29. The number of hydrogen-bond donors (Lipinski definition) is 3. The Morgan fingerprint density at radius 1 is 0.320 bits per heavy atom. The van der Waals surface area contributed by atoms with Crippen molar-refractivity contribution in [2.45, 2.75) is 289 Å². The number of ether oxygens (including phenoxy) is 13. The van der Waals surface area contributed by atoms with Crippen molar-refractivity contribution in [3.05, 3.63) is 337 Å². The minimum atomic E-state index is -0.984. The summed E-state index contributed by atoms with van der Waals surface area (Å²) in [5, 5.41) is 29.6. The van der Waals surface area contributed by atoms with Gasteiger partial charge in [-0.25, -0.2) is 19.6 Å². The van der Waals surface area contributed by atoms with Crippen molar-refractivity contribution in [2.75, 3.05) is 75.9 Å². The molecule has 0 amide bonds. The average molecular weight is 2060 g/mol. The fourth-order valence-electron chi connectivity index (χ4n) is 20.4. The second kappa shape index (κ2) is 57.9. The van der Waals surface area contributed by atoms with Crippen molar-refractivity contribution in [3.63, 3.8) is 0 Å². The molecular formula is C126H156ClN5O18. The van der Waals surface area contributed by atoms with E-state index in [1.54, 1.807) is 34.5 Å². The van der Waals surface area contributed by atoms with E-state index in [1.165, 1.54) is 157 Å². The minimum Gasteiger partial charge on any atom is -0.508 e. The van der Waals surface area contributed by atoms with Crippen LogP contribution in [0.3, 0.4) is 0 Å². The normalized spacial score (nSPS) is 13.7. The lowest BCUT2D eigenvalue weighted by Crippen LogP contribution is -2.14. The van der Waals surface area contributed by atoms with Gasteiger partial charge in [0.15, 0.2) is 51.3 Å². The summed E-state index contributed by atoms with van der Waals surface area (Å²) in [5.74, 6) is 6.75. The largest absolute Gasteiger partial charge is 0.508 e. The number of carbonyl (C=O) groups excluding carboxylic acids is 1. The molecule has 4 aliphatic rings. The summed E-state index contributed by atoms with van der Waals surface area (Å²) >= 11 is 6.26. The number of benzene rings is 7. The molecule has 23 nitrogen and oxygen atoms in total. The van der Waals surface area contributed by atoms with E-state index >= 15 is 0 Å². The number of carboxylic acid groups (broad SMARTS) is 1. The molecule has 0 spiro atoms. The Labute approximate surface area is 893 Å². The Morgan fingerprint density at radius 2 is 0.653 bits per heavy atom. The van der Waals surface area contributed by atoms with Crippen LogP contribution >= 0.6 is 11.6 Å². The van der Waals surface area contributed by atoms with Gasteiger partial charge in [-0.05, 0) is 387 Å². The fourth-order valence-corrected chi connectivity index (χ4v) is 20.6. The molecule has 7 aromatic carbocycles. The van der Waals surface area contributed by atoms with Gasteiger partial charge in [-0.1, -0.05) is 136 Å². The summed E-state index contributed by atoms with van der Waals surface area (Å²) in [6.07, 6.45) is 28.7. The van der Waals surface area contributed by atoms with Crippen molar-refractivity contribution in [1.29, 1.82) is 0 Å². The highest BCUT2D eigenvalue weighted by Crippen LogP contribution is 2.44. The number of phenolic OH excluding ortho intramolecular Hbond substituents is 1. The van der Waals surface area contributed by atoms with Gasteiger partial charge in [0, 0.05) is 107 Å². The first-order valence-electron chi connectivity index (χ1n) is 52.9. The third-order valence-electron chi connectivity index (χ3n) is 29.8. The van der Waals surface area contributed by atoms with Crippen LogP contribution in [-0.4, -0.2) is 128 Å². The summed E-state index contributed by atoms with van der Waals surface area (Å²) in [5.41, 5.74) is 35.6. The average Bonchev–Trinajstić information content (AvgIpc) is 0.809. The zero-order valence-corrected chi connectivity index (χ0v) is 92.7. The molecule has 12 aromatic rings. The Bertz CT molecular complexity index is 6530. The summed E-state index contributed by atoms with van der Waals surface area (Å²) in [7, 11) is 7.84. The number of aromatic nitrogens is 5. The number of halogens is 1. The third-order valence-corrected chi connectivity index (χ3v) is 30.1. The highest BCUT2D eigenvalue weighted by molar-refractivity contribution is 6.30. The highest BCUT2D eigenvalue weighted by atomic mass is 35.5. The molecule has 0 atom stereocenters. The van der Waals surface area contributed by atoms with Crippen LogP contribution in [-0.2, 0) is 78.6 Å². The summed E-state index contributed by atoms with van der Waals surface area (Å²) in [4.78, 5) is 46.8. The van der Waals surface area contributed by atoms with E-state index in [2.05, 4.69) is 134 Å². The number of allylic oxidation sites excluding steroid dienone is 2. The van der Waals surface area contributed by atoms with Gasteiger partial charge >= 0.3 is 11.9 Å². The lowest BCUT2D eigenvalue weighted by atomic mass is 9.86. The van der Waals surface area contributed by atoms with Gasteiger partial charge in [-0.2, -0.15) is 0 Å². The first-order valence-corrected chi connectivity index (χ1v) is 53.3. The summed E-state index contributed by atoms with van der Waals surface area (Å²) < 4.78 is 71.3. The van der Waals surface area contributed by atoms with Crippen LogP contribution in [0.15, 0.2) is 158 Å². The molecule has 0 radical (unpaired) electrons. The topological polar surface area (TPSA) is 279 Å². The lowest BCUT2D eigenvalue weighted by molar-refractivity contribution is -0.143. The third kappa shape index (κ3) is 32.3. The van der Waals surface area contributed by atoms with Crippen LogP contribution in [0.25, 0.3) is 5.57 Å². The van der Waals surface area contributed by atoms with Gasteiger partial charge in [-0.15, -0.1) is 0 Å². The van der Waals surface area contributed by atoms with Gasteiger partial charge in [0.25, 0.3) is 0 Å². The molecule has 150 heavy (non-hydrogen) atoms. The van der Waals surface area contributed by atoms with Crippen LogP contribution in [0.2, 0.25) is 5.15 Å². The maximum Gasteiger partial charge on any atom is 0.343 e. The number of hydrogen-bond acceptors (Lipinski definition) is 22. The van der Waals surface area contributed by atoms with Crippen molar-refractivity contribution in [1.82, 2.24) is 24.9 Å². The second-order valence-corrected chi connectivity index (χ2v) is 40.5. The summed E-state index contributed by atoms with van der Waals surface area (Å²) in [6, 6.07) is 50.3. The van der Waals surface area contributed by atoms with Crippen LogP contribution in [0.5, 0.6) is 57.5 Å². The predicted molar refractivity (Wildman–Crippen MR) is 593 cm³/mol. The number of aryl methyl sites for hydroxylation is 5. The van der Waals surface area contributed by atoms with E-state index in [0.717, 1.165) is 199 Å². The van der Waals surface area contributed by atoms with Gasteiger partial charge in [0.2, 0.25) is 0 Å². The minimum absolute atomic E-state index is 0.0925. The quantitative estimate of drug-likeness (QED) is 0.0184. The van der Waals surface area contributed by atoms with Crippen molar-refractivity contribution in [2.24, 2.45) is 0 Å². The monoisotopic (exact) mass is 2060 g/mol. The van der Waals surface area contributed by atoms with Gasteiger partial charge < -0.3 is 76.9 Å². The molecule has 5 heterocycles. The maximum absolute atomic E-state index is 11.5. The van der Waals surface area contributed by atoms with E-state index in [9.17, 15) is 19.8 Å². The van der Waals surface area contributed by atoms with E-state index in [0.29, 0.717) is 77.7 Å². The van der Waals surface area contributed by atoms with Crippen molar-refractivity contribution in [3.8, 4) is 57.5 Å². The molecule has 24 heteroatoms. The molecule has 800 valence electrons. The number of nitrogens with zero attached hydrogens (tertiary/aromatic N) is 5. The molecule has 3 saturated carbocycles. The van der Waals surface area contributed by atoms with Gasteiger partial charge in [-0.3, -0.25) is 15.0 Å². The number of aromatic hydroxyl groups is 2.